The highest BCUT2D eigenvalue weighted by Gasteiger charge is 2.18. The van der Waals surface area contributed by atoms with E-state index in [1.807, 2.05) is 25.1 Å². The highest BCUT2D eigenvalue weighted by atomic mass is 16.6. The van der Waals surface area contributed by atoms with Crippen molar-refractivity contribution in [2.45, 2.75) is 6.92 Å². The first-order valence-corrected chi connectivity index (χ1v) is 6.23. The first-order chi connectivity index (χ1) is 10.2. The van der Waals surface area contributed by atoms with Gasteiger partial charge in [-0.15, -0.1) is 0 Å². The molecule has 0 fully saturated rings. The molecule has 0 aliphatic carbocycles. The number of aromatic nitrogens is 1. The third-order valence-corrected chi connectivity index (χ3v) is 2.70. The normalized spacial score (nSPS) is 10.6. The predicted octanol–water partition coefficient (Wildman–Crippen LogP) is 3.82. The van der Waals surface area contributed by atoms with Gasteiger partial charge >= 0.3 is 5.69 Å². The molecule has 0 radical (unpaired) electrons. The number of ether oxygens (including phenoxy) is 2. The minimum absolute atomic E-state index is 0.0698. The topological polar surface area (TPSA) is 74.5 Å². The molecule has 0 aliphatic rings. The van der Waals surface area contributed by atoms with Gasteiger partial charge in [0, 0.05) is 12.3 Å². The van der Waals surface area contributed by atoms with Gasteiger partial charge in [-0.2, -0.15) is 0 Å². The average molecular weight is 286 g/mol. The zero-order valence-corrected chi connectivity index (χ0v) is 11.6. The SMILES string of the molecule is CC=Cc1ccc(Oc2ncccc2[N+](=O)[O-])c(OC)c1. The number of benzene rings is 1. The number of hydrogen-bond acceptors (Lipinski definition) is 5. The molecule has 0 saturated heterocycles. The molecule has 2 aromatic rings. The van der Waals surface area contributed by atoms with Crippen LogP contribution in [0.5, 0.6) is 17.4 Å². The van der Waals surface area contributed by atoms with Gasteiger partial charge in [0.2, 0.25) is 0 Å². The van der Waals surface area contributed by atoms with Crippen molar-refractivity contribution >= 4 is 11.8 Å². The fraction of sp³-hybridized carbons (Fsp3) is 0.133. The summed E-state index contributed by atoms with van der Waals surface area (Å²) in [6.45, 7) is 1.91. The minimum Gasteiger partial charge on any atom is -0.493 e. The average Bonchev–Trinajstić information content (AvgIpc) is 2.49. The van der Waals surface area contributed by atoms with Gasteiger partial charge in [0.25, 0.3) is 5.88 Å². The molecular formula is C15H14N2O4. The largest absolute Gasteiger partial charge is 0.493 e. The monoisotopic (exact) mass is 286 g/mol. The van der Waals surface area contributed by atoms with Crippen molar-refractivity contribution in [1.82, 2.24) is 4.98 Å². The summed E-state index contributed by atoms with van der Waals surface area (Å²) in [5.41, 5.74) is 0.745. The molecule has 108 valence electrons. The summed E-state index contributed by atoms with van der Waals surface area (Å²) < 4.78 is 10.8. The molecule has 0 spiro atoms. The van der Waals surface area contributed by atoms with Crippen molar-refractivity contribution in [3.8, 4) is 17.4 Å². The molecular weight excluding hydrogens is 272 g/mol. The summed E-state index contributed by atoms with van der Waals surface area (Å²) in [6, 6.07) is 8.11. The minimum atomic E-state index is -0.539. The van der Waals surface area contributed by atoms with Crippen molar-refractivity contribution in [1.29, 1.82) is 0 Å². The maximum atomic E-state index is 11.0. The molecule has 0 unspecified atom stereocenters. The molecule has 0 atom stereocenters. The fourth-order valence-electron chi connectivity index (χ4n) is 1.77. The molecule has 1 aromatic carbocycles. The molecule has 21 heavy (non-hydrogen) atoms. The molecule has 6 nitrogen and oxygen atoms in total. The van der Waals surface area contributed by atoms with E-state index in [1.165, 1.54) is 25.4 Å². The molecule has 0 bridgehead atoms. The zero-order chi connectivity index (χ0) is 15.2. The smallest absolute Gasteiger partial charge is 0.331 e. The van der Waals surface area contributed by atoms with Crippen LogP contribution in [0.15, 0.2) is 42.6 Å². The second kappa shape index (κ2) is 6.51. The molecule has 0 N–H and O–H groups in total. The van der Waals surface area contributed by atoms with Crippen LogP contribution >= 0.6 is 0 Å². The lowest BCUT2D eigenvalue weighted by Gasteiger charge is -2.10. The van der Waals surface area contributed by atoms with Crippen molar-refractivity contribution in [2.24, 2.45) is 0 Å². The van der Waals surface area contributed by atoms with Crippen LogP contribution in [0.1, 0.15) is 12.5 Å². The lowest BCUT2D eigenvalue weighted by Crippen LogP contribution is -1.97. The van der Waals surface area contributed by atoms with E-state index in [0.29, 0.717) is 11.5 Å². The van der Waals surface area contributed by atoms with E-state index < -0.39 is 4.92 Å². The quantitative estimate of drug-likeness (QED) is 0.617. The van der Waals surface area contributed by atoms with Gasteiger partial charge in [-0.1, -0.05) is 18.2 Å². The summed E-state index contributed by atoms with van der Waals surface area (Å²) >= 11 is 0. The summed E-state index contributed by atoms with van der Waals surface area (Å²) in [7, 11) is 1.51. The number of rotatable bonds is 5. The first-order valence-electron chi connectivity index (χ1n) is 6.23. The van der Waals surface area contributed by atoms with E-state index in [1.54, 1.807) is 12.1 Å². The van der Waals surface area contributed by atoms with E-state index >= 15 is 0 Å². The van der Waals surface area contributed by atoms with E-state index in [9.17, 15) is 10.1 Å². The molecule has 6 heteroatoms. The van der Waals surface area contributed by atoms with Crippen LogP contribution in [-0.4, -0.2) is 17.0 Å². The third kappa shape index (κ3) is 3.36. The van der Waals surface area contributed by atoms with Crippen LogP contribution in [-0.2, 0) is 0 Å². The van der Waals surface area contributed by atoms with Crippen molar-refractivity contribution in [3.05, 3.63) is 58.3 Å². The number of pyridine rings is 1. The fourth-order valence-corrected chi connectivity index (χ4v) is 1.77. The van der Waals surface area contributed by atoms with E-state index in [2.05, 4.69) is 4.98 Å². The first kappa shape index (κ1) is 14.5. The second-order valence-electron chi connectivity index (χ2n) is 4.10. The van der Waals surface area contributed by atoms with Gasteiger partial charge in [-0.25, -0.2) is 4.98 Å². The number of allylic oxidation sites excluding steroid dienone is 1. The molecule has 0 aliphatic heterocycles. The number of nitrogens with zero attached hydrogens (tertiary/aromatic N) is 2. The van der Waals surface area contributed by atoms with Gasteiger partial charge in [0.05, 0.1) is 12.0 Å². The number of methoxy groups -OCH3 is 1. The summed E-state index contributed by atoms with van der Waals surface area (Å²) in [5.74, 6) is 0.776. The Hall–Kier alpha value is -2.89. The van der Waals surface area contributed by atoms with Crippen molar-refractivity contribution in [2.75, 3.05) is 7.11 Å². The van der Waals surface area contributed by atoms with Crippen LogP contribution in [0.25, 0.3) is 6.08 Å². The third-order valence-electron chi connectivity index (χ3n) is 2.70. The highest BCUT2D eigenvalue weighted by molar-refractivity contribution is 5.56. The van der Waals surface area contributed by atoms with Gasteiger partial charge in [0.15, 0.2) is 11.5 Å². The lowest BCUT2D eigenvalue weighted by atomic mass is 10.2. The second-order valence-corrected chi connectivity index (χ2v) is 4.10. The molecule has 1 aromatic heterocycles. The van der Waals surface area contributed by atoms with E-state index in [4.69, 9.17) is 9.47 Å². The standard InChI is InChI=1S/C15H14N2O4/c1-3-5-11-7-8-13(14(10-11)20-2)21-15-12(17(18)19)6-4-9-16-15/h3-10H,1-2H3. The lowest BCUT2D eigenvalue weighted by molar-refractivity contribution is -0.386. The van der Waals surface area contributed by atoms with Crippen LogP contribution in [0.3, 0.4) is 0 Å². The van der Waals surface area contributed by atoms with Crippen LogP contribution in [0, 0.1) is 10.1 Å². The highest BCUT2D eigenvalue weighted by Crippen LogP contribution is 2.35. The Morgan fingerprint density at radius 2 is 2.10 bits per heavy atom. The summed E-state index contributed by atoms with van der Waals surface area (Å²) in [6.07, 6.45) is 5.25. The Kier molecular flexibility index (Phi) is 4.50. The number of nitro groups is 1. The Labute approximate surface area is 121 Å². The number of hydrogen-bond donors (Lipinski definition) is 0. The van der Waals surface area contributed by atoms with Gasteiger partial charge in [0.1, 0.15) is 0 Å². The molecule has 1 heterocycles. The van der Waals surface area contributed by atoms with Crippen LogP contribution in [0.2, 0.25) is 0 Å². The van der Waals surface area contributed by atoms with Gasteiger partial charge in [-0.3, -0.25) is 10.1 Å². The van der Waals surface area contributed by atoms with Crippen LogP contribution in [0.4, 0.5) is 5.69 Å². The Balaban J connectivity index is 2.38. The maximum Gasteiger partial charge on any atom is 0.331 e. The maximum absolute atomic E-state index is 11.0. The Bertz CT molecular complexity index is 683. The van der Waals surface area contributed by atoms with Crippen molar-refractivity contribution in [3.63, 3.8) is 0 Å². The zero-order valence-electron chi connectivity index (χ0n) is 11.6. The summed E-state index contributed by atoms with van der Waals surface area (Å²) in [4.78, 5) is 14.3. The predicted molar refractivity (Wildman–Crippen MR) is 78.7 cm³/mol. The van der Waals surface area contributed by atoms with E-state index in [-0.39, 0.29) is 11.6 Å². The molecule has 0 saturated carbocycles. The summed E-state index contributed by atoms with van der Waals surface area (Å²) in [5, 5.41) is 11.0. The van der Waals surface area contributed by atoms with Crippen molar-refractivity contribution < 1.29 is 14.4 Å². The molecule has 2 rings (SSSR count). The van der Waals surface area contributed by atoms with Gasteiger partial charge < -0.3 is 9.47 Å². The Morgan fingerprint density at radius 1 is 1.29 bits per heavy atom. The Morgan fingerprint density at radius 3 is 2.76 bits per heavy atom. The van der Waals surface area contributed by atoms with Crippen LogP contribution < -0.4 is 9.47 Å². The van der Waals surface area contributed by atoms with E-state index in [0.717, 1.165) is 5.56 Å². The van der Waals surface area contributed by atoms with Gasteiger partial charge in [-0.05, 0) is 30.7 Å². The molecule has 0 amide bonds.